The van der Waals surface area contributed by atoms with Gasteiger partial charge in [0, 0.05) is 16.2 Å². The summed E-state index contributed by atoms with van der Waals surface area (Å²) in [5.74, 6) is 0. The van der Waals surface area contributed by atoms with E-state index in [1.165, 1.54) is 10.8 Å². The van der Waals surface area contributed by atoms with Crippen LogP contribution in [-0.4, -0.2) is 30.6 Å². The predicted molar refractivity (Wildman–Crippen MR) is 118 cm³/mol. The first-order valence-corrected chi connectivity index (χ1v) is 9.66. The fraction of sp³-hybridized carbons (Fsp3) is 0. The van der Waals surface area contributed by atoms with Gasteiger partial charge in [0.2, 0.25) is 5.65 Å². The van der Waals surface area contributed by atoms with E-state index in [0.29, 0.717) is 11.2 Å². The first kappa shape index (κ1) is 15.6. The van der Waals surface area contributed by atoms with Crippen LogP contribution in [0.2, 0.25) is 0 Å². The molecule has 6 heteroatoms. The van der Waals surface area contributed by atoms with Crippen LogP contribution in [0.4, 0.5) is 0 Å². The highest BCUT2D eigenvalue weighted by Crippen LogP contribution is 2.37. The fourth-order valence-corrected chi connectivity index (χ4v) is 4.34. The molecule has 3 aromatic heterocycles. The van der Waals surface area contributed by atoms with Crippen LogP contribution in [0.5, 0.6) is 0 Å². The average Bonchev–Trinajstić information content (AvgIpc) is 2.81. The molecular formula is C24H12N6. The molecule has 0 spiro atoms. The Morgan fingerprint density at radius 2 is 1.07 bits per heavy atom. The van der Waals surface area contributed by atoms with Crippen LogP contribution in [0.25, 0.3) is 65.4 Å². The highest BCUT2D eigenvalue weighted by Gasteiger charge is 2.15. The second kappa shape index (κ2) is 5.61. The Labute approximate surface area is 169 Å². The standard InChI is InChI=1S/C24H12N6/c1-2-6-14-10-17-16(9-13(14)5-1)18-11-15-7-3-4-8-20(15)25-22(18)23-19(17)12-21-24(26-23)28-30-29-27-21/h1-12H. The smallest absolute Gasteiger partial charge is 0.204 e. The van der Waals surface area contributed by atoms with Gasteiger partial charge in [0.05, 0.1) is 16.6 Å². The van der Waals surface area contributed by atoms with Crippen molar-refractivity contribution in [2.24, 2.45) is 0 Å². The molecule has 0 N–H and O–H groups in total. The van der Waals surface area contributed by atoms with Crippen molar-refractivity contribution in [3.8, 4) is 0 Å². The van der Waals surface area contributed by atoms with Crippen LogP contribution in [0.3, 0.4) is 0 Å². The SMILES string of the molecule is c1ccc2cc3c(cc2c1)c1cc2ccccc2nc1c1nc2nnnnc2cc31. The normalized spacial score (nSPS) is 12.0. The molecule has 0 aliphatic carbocycles. The van der Waals surface area contributed by atoms with Crippen LogP contribution in [0, 0.1) is 0 Å². The van der Waals surface area contributed by atoms with Gasteiger partial charge in [-0.05, 0) is 62.3 Å². The topological polar surface area (TPSA) is 77.3 Å². The van der Waals surface area contributed by atoms with Crippen molar-refractivity contribution in [1.82, 2.24) is 30.6 Å². The van der Waals surface area contributed by atoms with Gasteiger partial charge in [0.15, 0.2) is 0 Å². The van der Waals surface area contributed by atoms with Gasteiger partial charge in [-0.1, -0.05) is 42.5 Å². The summed E-state index contributed by atoms with van der Waals surface area (Å²) in [7, 11) is 0. The minimum atomic E-state index is 0.467. The Morgan fingerprint density at radius 1 is 0.467 bits per heavy atom. The van der Waals surface area contributed by atoms with E-state index in [4.69, 9.17) is 9.97 Å². The third-order valence-corrected chi connectivity index (χ3v) is 5.73. The summed E-state index contributed by atoms with van der Waals surface area (Å²) in [5, 5.41) is 23.3. The lowest BCUT2D eigenvalue weighted by Gasteiger charge is -2.12. The largest absolute Gasteiger partial charge is 0.245 e. The summed E-state index contributed by atoms with van der Waals surface area (Å²) in [6, 6.07) is 25.2. The Kier molecular flexibility index (Phi) is 2.91. The van der Waals surface area contributed by atoms with Crippen LogP contribution in [0.1, 0.15) is 0 Å². The highest BCUT2D eigenvalue weighted by molar-refractivity contribution is 6.27. The van der Waals surface area contributed by atoms with E-state index in [1.54, 1.807) is 0 Å². The third kappa shape index (κ3) is 2.07. The minimum Gasteiger partial charge on any atom is -0.245 e. The van der Waals surface area contributed by atoms with E-state index in [0.717, 1.165) is 43.5 Å². The molecule has 0 aliphatic rings. The highest BCUT2D eigenvalue weighted by atomic mass is 15.4. The van der Waals surface area contributed by atoms with Gasteiger partial charge in [-0.2, -0.15) is 0 Å². The monoisotopic (exact) mass is 384 g/mol. The molecule has 0 atom stereocenters. The maximum absolute atomic E-state index is 5.00. The zero-order valence-electron chi connectivity index (χ0n) is 15.6. The maximum Gasteiger partial charge on any atom is 0.204 e. The minimum absolute atomic E-state index is 0.467. The number of rotatable bonds is 0. The summed E-state index contributed by atoms with van der Waals surface area (Å²) in [6.45, 7) is 0. The average molecular weight is 384 g/mol. The Hall–Kier alpha value is -4.32. The zero-order valence-corrected chi connectivity index (χ0v) is 15.6. The molecule has 3 heterocycles. The molecule has 0 fully saturated rings. The van der Waals surface area contributed by atoms with Crippen LogP contribution < -0.4 is 0 Å². The first-order valence-electron chi connectivity index (χ1n) is 9.66. The zero-order chi connectivity index (χ0) is 19.7. The van der Waals surface area contributed by atoms with Gasteiger partial charge in [-0.25, -0.2) is 9.97 Å². The first-order chi connectivity index (χ1) is 14.8. The summed E-state index contributed by atoms with van der Waals surface area (Å²) >= 11 is 0. The van der Waals surface area contributed by atoms with Crippen molar-refractivity contribution < 1.29 is 0 Å². The molecular weight excluding hydrogens is 372 g/mol. The lowest BCUT2D eigenvalue weighted by molar-refractivity contribution is 0.792. The van der Waals surface area contributed by atoms with Crippen molar-refractivity contribution in [3.63, 3.8) is 0 Å². The molecule has 7 rings (SSSR count). The lowest BCUT2D eigenvalue weighted by atomic mass is 9.95. The summed E-state index contributed by atoms with van der Waals surface area (Å²) in [4.78, 5) is 9.80. The molecule has 0 amide bonds. The second-order valence-corrected chi connectivity index (χ2v) is 7.43. The summed E-state index contributed by atoms with van der Waals surface area (Å²) in [6.07, 6.45) is 0. The molecule has 0 bridgehead atoms. The van der Waals surface area contributed by atoms with E-state index >= 15 is 0 Å². The van der Waals surface area contributed by atoms with E-state index in [-0.39, 0.29) is 0 Å². The molecule has 0 saturated carbocycles. The van der Waals surface area contributed by atoms with Crippen molar-refractivity contribution in [2.75, 3.05) is 0 Å². The lowest BCUT2D eigenvalue weighted by Crippen LogP contribution is -1.97. The fourth-order valence-electron chi connectivity index (χ4n) is 4.34. The van der Waals surface area contributed by atoms with Gasteiger partial charge in [0.25, 0.3) is 0 Å². The van der Waals surface area contributed by atoms with Crippen LogP contribution >= 0.6 is 0 Å². The number of aromatic nitrogens is 6. The van der Waals surface area contributed by atoms with Gasteiger partial charge >= 0.3 is 0 Å². The number of hydrogen-bond donors (Lipinski definition) is 0. The number of fused-ring (bicyclic) bond motifs is 9. The molecule has 0 aliphatic heterocycles. The molecule has 4 aromatic carbocycles. The Morgan fingerprint density at radius 3 is 1.87 bits per heavy atom. The number of pyridine rings is 2. The van der Waals surface area contributed by atoms with Crippen LogP contribution in [0.15, 0.2) is 72.8 Å². The van der Waals surface area contributed by atoms with Gasteiger partial charge < -0.3 is 0 Å². The molecule has 7 aromatic rings. The van der Waals surface area contributed by atoms with Crippen LogP contribution in [-0.2, 0) is 0 Å². The molecule has 30 heavy (non-hydrogen) atoms. The summed E-state index contributed by atoms with van der Waals surface area (Å²) < 4.78 is 0. The van der Waals surface area contributed by atoms with E-state index < -0.39 is 0 Å². The van der Waals surface area contributed by atoms with Gasteiger partial charge in [-0.3, -0.25) is 0 Å². The molecule has 6 nitrogen and oxygen atoms in total. The number of benzene rings is 4. The van der Waals surface area contributed by atoms with Gasteiger partial charge in [0.1, 0.15) is 5.52 Å². The number of nitrogens with zero attached hydrogens (tertiary/aromatic N) is 6. The third-order valence-electron chi connectivity index (χ3n) is 5.73. The number of para-hydroxylation sites is 1. The number of hydrogen-bond acceptors (Lipinski definition) is 6. The predicted octanol–water partition coefficient (Wildman–Crippen LogP) is 4.98. The molecule has 138 valence electrons. The summed E-state index contributed by atoms with van der Waals surface area (Å²) in [5.41, 5.74) is 3.67. The van der Waals surface area contributed by atoms with Crippen molar-refractivity contribution >= 4 is 65.4 Å². The Balaban J connectivity index is 1.82. The quantitative estimate of drug-likeness (QED) is 0.271. The van der Waals surface area contributed by atoms with Gasteiger partial charge in [-0.15, -0.1) is 10.2 Å². The molecule has 0 saturated heterocycles. The molecule has 0 unspecified atom stereocenters. The van der Waals surface area contributed by atoms with E-state index in [1.807, 2.05) is 24.3 Å². The van der Waals surface area contributed by atoms with Crippen molar-refractivity contribution in [2.45, 2.75) is 0 Å². The Bertz CT molecular complexity index is 1440. The maximum atomic E-state index is 5.00. The van der Waals surface area contributed by atoms with Crippen molar-refractivity contribution in [3.05, 3.63) is 72.8 Å². The molecule has 0 radical (unpaired) electrons. The van der Waals surface area contributed by atoms with E-state index in [2.05, 4.69) is 69.2 Å². The van der Waals surface area contributed by atoms with Crippen molar-refractivity contribution in [1.29, 1.82) is 0 Å². The second-order valence-electron chi connectivity index (χ2n) is 7.43. The van der Waals surface area contributed by atoms with E-state index in [9.17, 15) is 0 Å².